The Morgan fingerprint density at radius 3 is 2.23 bits per heavy atom. The van der Waals surface area contributed by atoms with Crippen LogP contribution in [0, 0.1) is 0 Å². The van der Waals surface area contributed by atoms with Crippen molar-refractivity contribution in [2.75, 3.05) is 19.1 Å². The van der Waals surface area contributed by atoms with Crippen molar-refractivity contribution in [1.82, 2.24) is 0 Å². The van der Waals surface area contributed by atoms with Crippen LogP contribution >= 0.6 is 0 Å². The molecule has 0 heterocycles. The van der Waals surface area contributed by atoms with Gasteiger partial charge in [-0.15, -0.1) is 0 Å². The molecular weight excluding hydrogens is 351 g/mol. The molecule has 0 radical (unpaired) electrons. The number of para-hydroxylation sites is 1. The Morgan fingerprint density at radius 2 is 1.65 bits per heavy atom. The number of benzene rings is 2. The number of hydrogen-bond donors (Lipinski definition) is 0. The van der Waals surface area contributed by atoms with Crippen LogP contribution in [0.4, 0.5) is 23.7 Å². The van der Waals surface area contributed by atoms with Crippen molar-refractivity contribution in [3.05, 3.63) is 65.2 Å². The van der Waals surface area contributed by atoms with Crippen LogP contribution in [0.15, 0.2) is 48.5 Å². The molecule has 2 aromatic rings. The molecule has 1 amide bonds. The summed E-state index contributed by atoms with van der Waals surface area (Å²) in [5, 5.41) is 0. The first kappa shape index (κ1) is 19.3. The van der Waals surface area contributed by atoms with Crippen molar-refractivity contribution in [3.8, 4) is 0 Å². The Kier molecular flexibility index (Phi) is 5.86. The van der Waals surface area contributed by atoms with E-state index < -0.39 is 23.8 Å². The van der Waals surface area contributed by atoms with Gasteiger partial charge < -0.3 is 9.47 Å². The van der Waals surface area contributed by atoms with E-state index in [-0.39, 0.29) is 17.9 Å². The number of ether oxygens (including phenoxy) is 2. The summed E-state index contributed by atoms with van der Waals surface area (Å²) < 4.78 is 47.4. The van der Waals surface area contributed by atoms with Gasteiger partial charge in [-0.25, -0.2) is 9.59 Å². The Morgan fingerprint density at radius 1 is 1.04 bits per heavy atom. The highest BCUT2D eigenvalue weighted by molar-refractivity contribution is 6.00. The maximum Gasteiger partial charge on any atom is 0.416 e. The van der Waals surface area contributed by atoms with Crippen LogP contribution in [0.2, 0.25) is 0 Å². The average molecular weight is 367 g/mol. The van der Waals surface area contributed by atoms with E-state index in [1.54, 1.807) is 18.2 Å². The molecule has 0 saturated heterocycles. The maximum atomic E-state index is 12.5. The standard InChI is InChI=1S/C18H16F3NO4/c1-22(17(24)25-2)15-6-4-3-5-14(15)16(23)26-11-12-7-9-13(10-8-12)18(19,20)21/h3-10H,11H2,1-2H3. The van der Waals surface area contributed by atoms with Crippen molar-refractivity contribution >= 4 is 17.7 Å². The molecule has 0 saturated carbocycles. The predicted molar refractivity (Wildman–Crippen MR) is 87.8 cm³/mol. The molecule has 0 atom stereocenters. The summed E-state index contributed by atoms with van der Waals surface area (Å²) in [6.45, 7) is -0.201. The second-order valence-electron chi connectivity index (χ2n) is 5.32. The lowest BCUT2D eigenvalue weighted by molar-refractivity contribution is -0.137. The van der Waals surface area contributed by atoms with E-state index in [2.05, 4.69) is 4.74 Å². The minimum absolute atomic E-state index is 0.132. The van der Waals surface area contributed by atoms with E-state index in [1.165, 1.54) is 32.4 Å². The average Bonchev–Trinajstić information content (AvgIpc) is 2.64. The Labute approximate surface area is 147 Å². The summed E-state index contributed by atoms with van der Waals surface area (Å²) >= 11 is 0. The number of hydrogen-bond acceptors (Lipinski definition) is 4. The fourth-order valence-corrected chi connectivity index (χ4v) is 2.19. The summed E-state index contributed by atoms with van der Waals surface area (Å²) in [6, 6.07) is 10.6. The highest BCUT2D eigenvalue weighted by atomic mass is 19.4. The van der Waals surface area contributed by atoms with E-state index in [9.17, 15) is 22.8 Å². The molecule has 0 aliphatic carbocycles. The fraction of sp³-hybridized carbons (Fsp3) is 0.222. The largest absolute Gasteiger partial charge is 0.457 e. The lowest BCUT2D eigenvalue weighted by Crippen LogP contribution is -2.27. The summed E-state index contributed by atoms with van der Waals surface area (Å²) in [5.41, 5.74) is 0.0480. The third-order valence-corrected chi connectivity index (χ3v) is 3.58. The molecule has 8 heteroatoms. The van der Waals surface area contributed by atoms with Crippen LogP contribution in [0.5, 0.6) is 0 Å². The van der Waals surface area contributed by atoms with Crippen LogP contribution in [0.3, 0.4) is 0 Å². The van der Waals surface area contributed by atoms with Gasteiger partial charge in [-0.1, -0.05) is 24.3 Å². The van der Waals surface area contributed by atoms with Crippen molar-refractivity contribution in [2.45, 2.75) is 12.8 Å². The molecule has 0 aromatic heterocycles. The zero-order valence-corrected chi connectivity index (χ0v) is 14.0. The first-order valence-corrected chi connectivity index (χ1v) is 7.48. The van der Waals surface area contributed by atoms with E-state index in [0.29, 0.717) is 5.56 Å². The molecule has 2 rings (SSSR count). The van der Waals surface area contributed by atoms with E-state index >= 15 is 0 Å². The summed E-state index contributed by atoms with van der Waals surface area (Å²) in [4.78, 5) is 25.1. The first-order valence-electron chi connectivity index (χ1n) is 7.48. The Bertz CT molecular complexity index is 788. The van der Waals surface area contributed by atoms with Crippen LogP contribution in [0.1, 0.15) is 21.5 Å². The maximum absolute atomic E-state index is 12.5. The summed E-state index contributed by atoms with van der Waals surface area (Å²) in [5.74, 6) is -0.712. The number of anilines is 1. The van der Waals surface area contributed by atoms with Gasteiger partial charge >= 0.3 is 18.2 Å². The number of rotatable bonds is 4. The SMILES string of the molecule is COC(=O)N(C)c1ccccc1C(=O)OCc1ccc(C(F)(F)F)cc1. The minimum Gasteiger partial charge on any atom is -0.457 e. The van der Waals surface area contributed by atoms with Gasteiger partial charge in [0.2, 0.25) is 0 Å². The molecule has 0 fully saturated rings. The van der Waals surface area contributed by atoms with Gasteiger partial charge in [0.25, 0.3) is 0 Å². The lowest BCUT2D eigenvalue weighted by Gasteiger charge is -2.18. The van der Waals surface area contributed by atoms with Crippen molar-refractivity contribution < 1.29 is 32.2 Å². The third kappa shape index (κ3) is 4.53. The predicted octanol–water partition coefficient (Wildman–Crippen LogP) is 4.27. The van der Waals surface area contributed by atoms with Gasteiger partial charge in [-0.05, 0) is 29.8 Å². The van der Waals surface area contributed by atoms with Gasteiger partial charge in [0.15, 0.2) is 0 Å². The van der Waals surface area contributed by atoms with E-state index in [4.69, 9.17) is 4.74 Å². The quantitative estimate of drug-likeness (QED) is 0.758. The van der Waals surface area contributed by atoms with Crippen LogP contribution in [0.25, 0.3) is 0 Å². The number of halogens is 3. The Hall–Kier alpha value is -3.03. The van der Waals surface area contributed by atoms with Crippen molar-refractivity contribution in [3.63, 3.8) is 0 Å². The number of amides is 1. The highest BCUT2D eigenvalue weighted by Gasteiger charge is 2.30. The van der Waals surface area contributed by atoms with Gasteiger partial charge in [-0.2, -0.15) is 13.2 Å². The molecular formula is C18H16F3NO4. The highest BCUT2D eigenvalue weighted by Crippen LogP contribution is 2.29. The minimum atomic E-state index is -4.42. The zero-order chi connectivity index (χ0) is 19.3. The number of alkyl halides is 3. The fourth-order valence-electron chi connectivity index (χ4n) is 2.19. The molecule has 0 aliphatic heterocycles. The van der Waals surface area contributed by atoms with Crippen molar-refractivity contribution in [2.24, 2.45) is 0 Å². The number of methoxy groups -OCH3 is 1. The Balaban J connectivity index is 2.10. The molecule has 5 nitrogen and oxygen atoms in total. The smallest absolute Gasteiger partial charge is 0.416 e. The van der Waals surface area contributed by atoms with Gasteiger partial charge in [0.1, 0.15) is 6.61 Å². The first-order chi connectivity index (χ1) is 12.2. The van der Waals surface area contributed by atoms with Gasteiger partial charge in [0.05, 0.1) is 23.9 Å². The van der Waals surface area contributed by atoms with Crippen molar-refractivity contribution in [1.29, 1.82) is 0 Å². The molecule has 0 N–H and O–H groups in total. The second kappa shape index (κ2) is 7.90. The number of nitrogens with zero attached hydrogens (tertiary/aromatic N) is 1. The molecule has 2 aromatic carbocycles. The van der Waals surface area contributed by atoms with Crippen LogP contribution in [-0.2, 0) is 22.3 Å². The molecule has 0 unspecified atom stereocenters. The zero-order valence-electron chi connectivity index (χ0n) is 14.0. The molecule has 0 bridgehead atoms. The second-order valence-corrected chi connectivity index (χ2v) is 5.32. The monoisotopic (exact) mass is 367 g/mol. The summed E-state index contributed by atoms with van der Waals surface area (Å²) in [7, 11) is 2.65. The number of carbonyl (C=O) groups excluding carboxylic acids is 2. The normalized spacial score (nSPS) is 11.0. The summed E-state index contributed by atoms with van der Waals surface area (Å²) in [6.07, 6.45) is -5.08. The van der Waals surface area contributed by atoms with Gasteiger partial charge in [-0.3, -0.25) is 4.90 Å². The number of carbonyl (C=O) groups is 2. The third-order valence-electron chi connectivity index (χ3n) is 3.58. The van der Waals surface area contributed by atoms with E-state index in [1.807, 2.05) is 0 Å². The van der Waals surface area contributed by atoms with E-state index in [0.717, 1.165) is 17.0 Å². The topological polar surface area (TPSA) is 55.8 Å². The lowest BCUT2D eigenvalue weighted by atomic mass is 10.1. The number of esters is 1. The molecule has 0 aliphatic rings. The molecule has 26 heavy (non-hydrogen) atoms. The van der Waals surface area contributed by atoms with Crippen LogP contribution < -0.4 is 4.90 Å². The molecule has 0 spiro atoms. The molecule has 138 valence electrons. The van der Waals surface area contributed by atoms with Crippen LogP contribution in [-0.4, -0.2) is 26.2 Å². The van der Waals surface area contributed by atoms with Gasteiger partial charge in [0, 0.05) is 7.05 Å².